The minimum absolute atomic E-state index is 0.0355. The summed E-state index contributed by atoms with van der Waals surface area (Å²) < 4.78 is 10.9. The molecule has 0 saturated carbocycles. The molecule has 0 bridgehead atoms. The second-order valence-corrected chi connectivity index (χ2v) is 5.44. The Hall–Kier alpha value is -3.34. The molecule has 2 aromatic heterocycles. The molecule has 4 aromatic rings. The van der Waals surface area contributed by atoms with Gasteiger partial charge in [-0.05, 0) is 6.07 Å². The lowest BCUT2D eigenvalue weighted by Gasteiger charge is -2.12. The second-order valence-electron chi connectivity index (χ2n) is 5.44. The first-order chi connectivity index (χ1) is 11.2. The molecule has 5 heteroatoms. The summed E-state index contributed by atoms with van der Waals surface area (Å²) in [6.45, 7) is 0. The van der Waals surface area contributed by atoms with Gasteiger partial charge in [-0.15, -0.1) is 0 Å². The molecule has 0 aliphatic heterocycles. The maximum atomic E-state index is 12.8. The van der Waals surface area contributed by atoms with E-state index in [4.69, 9.17) is 8.83 Å². The third-order valence-corrected chi connectivity index (χ3v) is 4.23. The number of rotatable bonds is 0. The third-order valence-electron chi connectivity index (χ3n) is 4.23. The van der Waals surface area contributed by atoms with Gasteiger partial charge < -0.3 is 13.9 Å². The molecule has 2 heterocycles. The first kappa shape index (κ1) is 12.2. The average molecular weight is 304 g/mol. The van der Waals surface area contributed by atoms with Gasteiger partial charge >= 0.3 is 0 Å². The van der Waals surface area contributed by atoms with Crippen LogP contribution in [0.15, 0.2) is 51.5 Å². The Morgan fingerprint density at radius 3 is 2.43 bits per heavy atom. The maximum Gasteiger partial charge on any atom is 0.229 e. The zero-order valence-electron chi connectivity index (χ0n) is 11.6. The summed E-state index contributed by atoms with van der Waals surface area (Å²) in [6, 6.07) is 9.77. The summed E-state index contributed by atoms with van der Waals surface area (Å²) in [6.07, 6.45) is 1.44. The normalized spacial score (nSPS) is 13.6. The zero-order valence-corrected chi connectivity index (χ0v) is 11.6. The molecule has 0 unspecified atom stereocenters. The molecule has 23 heavy (non-hydrogen) atoms. The van der Waals surface area contributed by atoms with Crippen LogP contribution in [0.5, 0.6) is 5.75 Å². The van der Waals surface area contributed by atoms with Crippen molar-refractivity contribution in [3.05, 3.63) is 65.1 Å². The molecular formula is C18H8O5. The third kappa shape index (κ3) is 1.36. The first-order valence-corrected chi connectivity index (χ1v) is 7.01. The van der Waals surface area contributed by atoms with Gasteiger partial charge in [-0.25, -0.2) is 0 Å². The Morgan fingerprint density at radius 1 is 0.913 bits per heavy atom. The number of ketones is 2. The molecule has 2 aromatic carbocycles. The number of benzene rings is 2. The highest BCUT2D eigenvalue weighted by molar-refractivity contribution is 6.32. The molecule has 0 amide bonds. The van der Waals surface area contributed by atoms with Crippen molar-refractivity contribution in [1.82, 2.24) is 0 Å². The van der Waals surface area contributed by atoms with Crippen molar-refractivity contribution in [1.29, 1.82) is 0 Å². The van der Waals surface area contributed by atoms with E-state index in [2.05, 4.69) is 0 Å². The van der Waals surface area contributed by atoms with E-state index in [0.717, 1.165) is 0 Å². The second kappa shape index (κ2) is 3.89. The zero-order chi connectivity index (χ0) is 15.7. The molecule has 5 rings (SSSR count). The lowest BCUT2D eigenvalue weighted by Crippen LogP contribution is -2.19. The summed E-state index contributed by atoms with van der Waals surface area (Å²) in [5, 5.41) is 11.2. The predicted octanol–water partition coefficient (Wildman–Crippen LogP) is 3.66. The van der Waals surface area contributed by atoms with Crippen LogP contribution in [0.4, 0.5) is 0 Å². The molecule has 1 aliphatic rings. The first-order valence-electron chi connectivity index (χ1n) is 7.01. The van der Waals surface area contributed by atoms with Gasteiger partial charge in [0.25, 0.3) is 0 Å². The molecule has 0 saturated heterocycles. The van der Waals surface area contributed by atoms with Crippen LogP contribution in [0.1, 0.15) is 32.0 Å². The minimum Gasteiger partial charge on any atom is -0.506 e. The average Bonchev–Trinajstić information content (AvgIpc) is 3.17. The summed E-state index contributed by atoms with van der Waals surface area (Å²) in [5.41, 5.74) is 1.43. The van der Waals surface area contributed by atoms with Crippen LogP contribution in [-0.2, 0) is 0 Å². The Bertz CT molecular complexity index is 1160. The molecule has 5 nitrogen and oxygen atoms in total. The van der Waals surface area contributed by atoms with Crippen LogP contribution < -0.4 is 0 Å². The van der Waals surface area contributed by atoms with Crippen molar-refractivity contribution < 1.29 is 23.5 Å². The van der Waals surface area contributed by atoms with E-state index in [1.807, 2.05) is 0 Å². The SMILES string of the molecule is O=C1c2ccccc2C(=O)c2c1oc1cc3occc3c(O)c21. The van der Waals surface area contributed by atoms with E-state index in [-0.39, 0.29) is 39.6 Å². The van der Waals surface area contributed by atoms with E-state index < -0.39 is 0 Å². The summed E-state index contributed by atoms with van der Waals surface area (Å²) in [5.74, 6) is -0.835. The molecule has 1 N–H and O–H groups in total. The molecule has 110 valence electrons. The van der Waals surface area contributed by atoms with Crippen molar-refractivity contribution >= 4 is 33.5 Å². The number of furan rings is 2. The summed E-state index contributed by atoms with van der Waals surface area (Å²) in [4.78, 5) is 25.4. The standard InChI is InChI=1S/C18H8O5/c19-15-8-3-1-2-4-9(8)17(21)18-14(15)13-12(23-18)7-11-10(16(13)20)5-6-22-11/h1-7,20H. The lowest BCUT2D eigenvalue weighted by atomic mass is 9.87. The number of aromatic hydroxyl groups is 1. The molecule has 0 atom stereocenters. The van der Waals surface area contributed by atoms with E-state index in [1.54, 1.807) is 36.4 Å². The molecule has 1 aliphatic carbocycles. The monoisotopic (exact) mass is 304 g/mol. The van der Waals surface area contributed by atoms with Gasteiger partial charge in [-0.1, -0.05) is 24.3 Å². The molecular weight excluding hydrogens is 296 g/mol. The van der Waals surface area contributed by atoms with Crippen LogP contribution >= 0.6 is 0 Å². The molecule has 0 radical (unpaired) electrons. The van der Waals surface area contributed by atoms with E-state index in [0.29, 0.717) is 22.1 Å². The van der Waals surface area contributed by atoms with Crippen molar-refractivity contribution in [2.45, 2.75) is 0 Å². The van der Waals surface area contributed by atoms with Gasteiger partial charge in [0.1, 0.15) is 16.9 Å². The number of hydrogen-bond acceptors (Lipinski definition) is 5. The number of hydrogen-bond donors (Lipinski definition) is 1. The highest BCUT2D eigenvalue weighted by Gasteiger charge is 2.36. The van der Waals surface area contributed by atoms with Crippen molar-refractivity contribution in [3.63, 3.8) is 0 Å². The van der Waals surface area contributed by atoms with E-state index >= 15 is 0 Å². The topological polar surface area (TPSA) is 80.7 Å². The van der Waals surface area contributed by atoms with E-state index in [1.165, 1.54) is 6.26 Å². The number of carbonyl (C=O) groups is 2. The molecule has 0 spiro atoms. The van der Waals surface area contributed by atoms with Crippen molar-refractivity contribution in [2.24, 2.45) is 0 Å². The maximum absolute atomic E-state index is 12.8. The Morgan fingerprint density at radius 2 is 1.65 bits per heavy atom. The largest absolute Gasteiger partial charge is 0.506 e. The number of phenolic OH excluding ortho intramolecular Hbond substituents is 1. The van der Waals surface area contributed by atoms with Gasteiger partial charge in [0, 0.05) is 17.2 Å². The van der Waals surface area contributed by atoms with E-state index in [9.17, 15) is 14.7 Å². The number of carbonyl (C=O) groups excluding carboxylic acids is 2. The highest BCUT2D eigenvalue weighted by atomic mass is 16.4. The predicted molar refractivity (Wildman–Crippen MR) is 81.0 cm³/mol. The highest BCUT2D eigenvalue weighted by Crippen LogP contribution is 2.42. The van der Waals surface area contributed by atoms with Gasteiger partial charge in [0.15, 0.2) is 11.5 Å². The number of phenols is 1. The van der Waals surface area contributed by atoms with Crippen LogP contribution in [0, 0.1) is 0 Å². The fraction of sp³-hybridized carbons (Fsp3) is 0. The van der Waals surface area contributed by atoms with Crippen molar-refractivity contribution in [3.8, 4) is 5.75 Å². The van der Waals surface area contributed by atoms with Crippen LogP contribution in [0.3, 0.4) is 0 Å². The Labute approximate surface area is 128 Å². The van der Waals surface area contributed by atoms with Gasteiger partial charge in [0.2, 0.25) is 5.78 Å². The van der Waals surface area contributed by atoms with Crippen molar-refractivity contribution in [2.75, 3.05) is 0 Å². The quantitative estimate of drug-likeness (QED) is 0.472. The number of fused-ring (bicyclic) bond motifs is 5. The lowest BCUT2D eigenvalue weighted by molar-refractivity contribution is 0.0962. The smallest absolute Gasteiger partial charge is 0.229 e. The fourth-order valence-corrected chi connectivity index (χ4v) is 3.18. The van der Waals surface area contributed by atoms with Gasteiger partial charge in [0.05, 0.1) is 22.6 Å². The summed E-state index contributed by atoms with van der Waals surface area (Å²) >= 11 is 0. The molecule has 0 fully saturated rings. The van der Waals surface area contributed by atoms with Gasteiger partial charge in [-0.3, -0.25) is 9.59 Å². The van der Waals surface area contributed by atoms with Crippen LogP contribution in [0.2, 0.25) is 0 Å². The minimum atomic E-state index is -0.359. The van der Waals surface area contributed by atoms with Crippen LogP contribution in [0.25, 0.3) is 21.9 Å². The van der Waals surface area contributed by atoms with Gasteiger partial charge in [-0.2, -0.15) is 0 Å². The Balaban J connectivity index is 1.96. The van der Waals surface area contributed by atoms with Crippen LogP contribution in [-0.4, -0.2) is 16.7 Å². The summed E-state index contributed by atoms with van der Waals surface area (Å²) in [7, 11) is 0. The fourth-order valence-electron chi connectivity index (χ4n) is 3.18. The Kier molecular flexibility index (Phi) is 2.07.